The van der Waals surface area contributed by atoms with Gasteiger partial charge in [0.15, 0.2) is 0 Å². The highest BCUT2D eigenvalue weighted by Gasteiger charge is 2.15. The second-order valence-electron chi connectivity index (χ2n) is 6.64. The van der Waals surface area contributed by atoms with Gasteiger partial charge in [0.1, 0.15) is 35.2 Å². The number of ether oxygens (including phenoxy) is 3. The van der Waals surface area contributed by atoms with Crippen LogP contribution in [0.2, 0.25) is 5.02 Å². The Morgan fingerprint density at radius 2 is 1.73 bits per heavy atom. The molecule has 0 saturated carbocycles. The monoisotopic (exact) mass is 422 g/mol. The molecule has 1 aromatic heterocycles. The van der Waals surface area contributed by atoms with Crippen LogP contribution in [0.25, 0.3) is 11.0 Å². The van der Waals surface area contributed by atoms with E-state index in [-0.39, 0.29) is 11.2 Å². The average molecular weight is 423 g/mol. The van der Waals surface area contributed by atoms with E-state index in [1.165, 1.54) is 0 Å². The number of halogens is 1. The van der Waals surface area contributed by atoms with E-state index in [0.29, 0.717) is 45.6 Å². The second-order valence-corrected chi connectivity index (χ2v) is 7.04. The lowest BCUT2D eigenvalue weighted by atomic mass is 10.2. The molecule has 0 amide bonds. The van der Waals surface area contributed by atoms with Gasteiger partial charge in [-0.15, -0.1) is 0 Å². The van der Waals surface area contributed by atoms with Crippen molar-refractivity contribution in [1.29, 1.82) is 0 Å². The van der Waals surface area contributed by atoms with Gasteiger partial charge in [-0.1, -0.05) is 35.9 Å². The Kier molecular flexibility index (Phi) is 5.63. The van der Waals surface area contributed by atoms with Crippen LogP contribution in [0.4, 0.5) is 0 Å². The molecule has 30 heavy (non-hydrogen) atoms. The van der Waals surface area contributed by atoms with E-state index in [1.807, 2.05) is 24.3 Å². The van der Waals surface area contributed by atoms with Crippen molar-refractivity contribution in [3.8, 4) is 23.0 Å². The summed E-state index contributed by atoms with van der Waals surface area (Å²) in [6.07, 6.45) is 0. The third-order valence-electron chi connectivity index (χ3n) is 4.60. The lowest BCUT2D eigenvalue weighted by molar-refractivity contribution is 0.306. The molecule has 1 heterocycles. The topological polar surface area (TPSA) is 57.9 Å². The van der Waals surface area contributed by atoms with Gasteiger partial charge in [-0.05, 0) is 37.3 Å². The van der Waals surface area contributed by atoms with Crippen molar-refractivity contribution in [3.63, 3.8) is 0 Å². The van der Waals surface area contributed by atoms with E-state index in [2.05, 4.69) is 0 Å². The molecular weight excluding hydrogens is 404 g/mol. The van der Waals surface area contributed by atoms with Gasteiger partial charge >= 0.3 is 0 Å². The molecule has 6 heteroatoms. The Bertz CT molecular complexity index is 1260. The second kappa shape index (κ2) is 8.51. The van der Waals surface area contributed by atoms with Crippen LogP contribution in [0.5, 0.6) is 23.0 Å². The zero-order valence-corrected chi connectivity index (χ0v) is 17.2. The summed E-state index contributed by atoms with van der Waals surface area (Å²) in [6.45, 7) is 2.00. The maximum absolute atomic E-state index is 13.0. The zero-order valence-electron chi connectivity index (χ0n) is 16.5. The van der Waals surface area contributed by atoms with E-state index in [1.54, 1.807) is 56.5 Å². The molecule has 0 aliphatic rings. The normalized spacial score (nSPS) is 10.8. The molecule has 4 aromatic rings. The van der Waals surface area contributed by atoms with Gasteiger partial charge in [-0.2, -0.15) is 0 Å². The number of benzene rings is 3. The molecule has 0 bridgehead atoms. The summed E-state index contributed by atoms with van der Waals surface area (Å²) in [5.74, 6) is 2.21. The lowest BCUT2D eigenvalue weighted by Gasteiger charge is -2.11. The van der Waals surface area contributed by atoms with Gasteiger partial charge in [0.25, 0.3) is 0 Å². The minimum absolute atomic E-state index is 0.139. The molecular formula is C24H19ClO5. The van der Waals surface area contributed by atoms with Gasteiger partial charge in [0, 0.05) is 22.7 Å². The molecule has 0 aliphatic carbocycles. The summed E-state index contributed by atoms with van der Waals surface area (Å²) in [5, 5.41) is 1.04. The summed E-state index contributed by atoms with van der Waals surface area (Å²) >= 11 is 6.17. The number of methoxy groups -OCH3 is 1. The minimum atomic E-state index is -0.255. The van der Waals surface area contributed by atoms with Crippen LogP contribution in [-0.2, 0) is 6.61 Å². The number of hydrogen-bond acceptors (Lipinski definition) is 5. The fourth-order valence-corrected chi connectivity index (χ4v) is 3.23. The van der Waals surface area contributed by atoms with E-state index in [9.17, 15) is 4.79 Å². The number of hydrogen-bond donors (Lipinski definition) is 0. The molecule has 0 atom stereocenters. The fraction of sp³-hybridized carbons (Fsp3) is 0.125. The SMILES string of the molecule is COc1cccc(Oc2c(C)oc3cc(OCc4ccccc4Cl)ccc3c2=O)c1. The Morgan fingerprint density at radius 1 is 0.933 bits per heavy atom. The molecule has 152 valence electrons. The van der Waals surface area contributed by atoms with Crippen molar-refractivity contribution >= 4 is 22.6 Å². The lowest BCUT2D eigenvalue weighted by Crippen LogP contribution is -2.07. The molecule has 0 fully saturated rings. The Balaban J connectivity index is 1.62. The van der Waals surface area contributed by atoms with E-state index < -0.39 is 0 Å². The van der Waals surface area contributed by atoms with Crippen molar-refractivity contribution < 1.29 is 18.6 Å². The van der Waals surface area contributed by atoms with Crippen LogP contribution in [0.1, 0.15) is 11.3 Å². The smallest absolute Gasteiger partial charge is 0.235 e. The Hall–Kier alpha value is -3.44. The van der Waals surface area contributed by atoms with Gasteiger partial charge < -0.3 is 18.6 Å². The summed E-state index contributed by atoms with van der Waals surface area (Å²) in [7, 11) is 1.57. The van der Waals surface area contributed by atoms with Crippen LogP contribution in [0.3, 0.4) is 0 Å². The Morgan fingerprint density at radius 3 is 2.53 bits per heavy atom. The third kappa shape index (κ3) is 4.11. The first-order valence-electron chi connectivity index (χ1n) is 9.31. The van der Waals surface area contributed by atoms with Gasteiger partial charge in [-0.3, -0.25) is 4.79 Å². The molecule has 0 unspecified atom stereocenters. The summed E-state index contributed by atoms with van der Waals surface area (Å²) in [6, 6.07) is 19.6. The summed E-state index contributed by atoms with van der Waals surface area (Å²) in [4.78, 5) is 13.0. The first-order valence-corrected chi connectivity index (χ1v) is 9.68. The van der Waals surface area contributed by atoms with Gasteiger partial charge in [-0.25, -0.2) is 0 Å². The van der Waals surface area contributed by atoms with Gasteiger partial charge in [0.2, 0.25) is 11.2 Å². The Labute approximate surface area is 178 Å². The molecule has 0 radical (unpaired) electrons. The molecule has 0 N–H and O–H groups in total. The summed E-state index contributed by atoms with van der Waals surface area (Å²) < 4.78 is 22.7. The van der Waals surface area contributed by atoms with E-state index in [4.69, 9.17) is 30.2 Å². The molecule has 0 spiro atoms. The quantitative estimate of drug-likeness (QED) is 0.374. The minimum Gasteiger partial charge on any atom is -0.497 e. The maximum Gasteiger partial charge on any atom is 0.235 e. The average Bonchev–Trinajstić information content (AvgIpc) is 2.76. The molecule has 5 nitrogen and oxygen atoms in total. The molecule has 0 saturated heterocycles. The van der Waals surface area contributed by atoms with Crippen LogP contribution < -0.4 is 19.6 Å². The number of rotatable bonds is 6. The largest absolute Gasteiger partial charge is 0.497 e. The first kappa shape index (κ1) is 19.9. The molecule has 3 aromatic carbocycles. The van der Waals surface area contributed by atoms with Gasteiger partial charge in [0.05, 0.1) is 12.5 Å². The van der Waals surface area contributed by atoms with Crippen LogP contribution in [-0.4, -0.2) is 7.11 Å². The highest BCUT2D eigenvalue weighted by Crippen LogP contribution is 2.29. The van der Waals surface area contributed by atoms with Crippen molar-refractivity contribution in [3.05, 3.63) is 93.3 Å². The van der Waals surface area contributed by atoms with Crippen LogP contribution in [0, 0.1) is 6.92 Å². The number of fused-ring (bicyclic) bond motifs is 1. The highest BCUT2D eigenvalue weighted by atomic mass is 35.5. The van der Waals surface area contributed by atoms with Crippen molar-refractivity contribution in [2.45, 2.75) is 13.5 Å². The van der Waals surface area contributed by atoms with E-state index in [0.717, 1.165) is 5.56 Å². The third-order valence-corrected chi connectivity index (χ3v) is 4.97. The summed E-state index contributed by atoms with van der Waals surface area (Å²) in [5.41, 5.74) is 1.04. The number of aryl methyl sites for hydroxylation is 1. The van der Waals surface area contributed by atoms with E-state index >= 15 is 0 Å². The fourth-order valence-electron chi connectivity index (χ4n) is 3.04. The standard InChI is InChI=1S/C24H19ClO5/c1-15-24(30-19-8-5-7-17(12-19)27-2)23(26)20-11-10-18(13-22(20)29-15)28-14-16-6-3-4-9-21(16)25/h3-13H,14H2,1-2H3. The van der Waals surface area contributed by atoms with Crippen LogP contribution in [0.15, 0.2) is 75.9 Å². The predicted molar refractivity (Wildman–Crippen MR) is 116 cm³/mol. The van der Waals surface area contributed by atoms with Crippen molar-refractivity contribution in [2.24, 2.45) is 0 Å². The first-order chi connectivity index (χ1) is 14.5. The molecule has 0 aliphatic heterocycles. The van der Waals surface area contributed by atoms with Crippen LogP contribution >= 0.6 is 11.6 Å². The molecule has 4 rings (SSSR count). The maximum atomic E-state index is 13.0. The zero-order chi connectivity index (χ0) is 21.1. The highest BCUT2D eigenvalue weighted by molar-refractivity contribution is 6.31. The van der Waals surface area contributed by atoms with Crippen molar-refractivity contribution in [2.75, 3.05) is 7.11 Å². The predicted octanol–water partition coefficient (Wildman–Crippen LogP) is 6.13. The van der Waals surface area contributed by atoms with Crippen molar-refractivity contribution in [1.82, 2.24) is 0 Å².